The summed E-state index contributed by atoms with van der Waals surface area (Å²) < 4.78 is 20.8. The molecule has 146 valence electrons. The molecule has 9 heteroatoms. The van der Waals surface area contributed by atoms with E-state index in [2.05, 4.69) is 43.1 Å². The van der Waals surface area contributed by atoms with Gasteiger partial charge in [0.25, 0.3) is 11.8 Å². The molecule has 0 unspecified atom stereocenters. The minimum absolute atomic E-state index is 0.0474. The summed E-state index contributed by atoms with van der Waals surface area (Å²) in [4.78, 5) is 26.3. The number of nitrogens with zero attached hydrogens (tertiary/aromatic N) is 1. The van der Waals surface area contributed by atoms with Gasteiger partial charge in [0, 0.05) is 0 Å². The lowest BCUT2D eigenvalue weighted by Gasteiger charge is -2.29. The monoisotopic (exact) mass is 536 g/mol. The smallest absolute Gasteiger partial charge is 0.270 e. The molecular formula is C20H11Br2FN2O3S. The minimum Gasteiger partial charge on any atom is -0.479 e. The van der Waals surface area contributed by atoms with Crippen LogP contribution in [-0.4, -0.2) is 23.5 Å². The van der Waals surface area contributed by atoms with Gasteiger partial charge in [-0.1, -0.05) is 18.1 Å². The Hall–Kier alpha value is -2.54. The first kappa shape index (κ1) is 21.2. The molecule has 0 aliphatic carbocycles. The highest BCUT2D eigenvalue weighted by Gasteiger charge is 2.35. The lowest BCUT2D eigenvalue weighted by atomic mass is 10.1. The number of terminal acetylenes is 1. The number of anilines is 1. The molecule has 1 N–H and O–H groups in total. The van der Waals surface area contributed by atoms with Crippen LogP contribution in [0.1, 0.15) is 5.56 Å². The molecule has 3 rings (SSSR count). The Morgan fingerprint density at radius 1 is 1.24 bits per heavy atom. The Morgan fingerprint density at radius 3 is 2.52 bits per heavy atom. The van der Waals surface area contributed by atoms with Gasteiger partial charge in [-0.05, 0) is 80.0 Å². The summed E-state index contributed by atoms with van der Waals surface area (Å²) >= 11 is 11.8. The van der Waals surface area contributed by atoms with Crippen molar-refractivity contribution in [2.45, 2.75) is 0 Å². The fourth-order valence-electron chi connectivity index (χ4n) is 2.59. The van der Waals surface area contributed by atoms with E-state index >= 15 is 0 Å². The molecule has 1 heterocycles. The van der Waals surface area contributed by atoms with Crippen molar-refractivity contribution in [3.8, 4) is 18.1 Å². The molecule has 1 fully saturated rings. The van der Waals surface area contributed by atoms with Crippen LogP contribution in [0.3, 0.4) is 0 Å². The van der Waals surface area contributed by atoms with E-state index in [9.17, 15) is 14.0 Å². The summed E-state index contributed by atoms with van der Waals surface area (Å²) in [6.45, 7) is 0.0770. The Morgan fingerprint density at radius 2 is 1.90 bits per heavy atom. The zero-order valence-corrected chi connectivity index (χ0v) is 18.5. The second kappa shape index (κ2) is 8.86. The SMILES string of the molecule is C#CCOc1c(Br)cc(/C=C2\C(=O)NC(=S)N(c3ccccc3F)C2=O)cc1Br. The number of hydrogen-bond donors (Lipinski definition) is 1. The van der Waals surface area contributed by atoms with E-state index < -0.39 is 17.6 Å². The van der Waals surface area contributed by atoms with Crippen molar-refractivity contribution < 1.29 is 18.7 Å². The summed E-state index contributed by atoms with van der Waals surface area (Å²) in [7, 11) is 0. The second-order valence-corrected chi connectivity index (χ2v) is 7.81. The van der Waals surface area contributed by atoms with Crippen LogP contribution in [0.25, 0.3) is 6.08 Å². The van der Waals surface area contributed by atoms with Crippen molar-refractivity contribution >= 4 is 72.8 Å². The Balaban J connectivity index is 2.01. The highest BCUT2D eigenvalue weighted by Crippen LogP contribution is 2.35. The van der Waals surface area contributed by atoms with E-state index in [0.717, 1.165) is 4.90 Å². The van der Waals surface area contributed by atoms with Crippen molar-refractivity contribution in [3.63, 3.8) is 0 Å². The first-order valence-electron chi connectivity index (χ1n) is 8.04. The number of carbonyl (C=O) groups is 2. The third kappa shape index (κ3) is 4.40. The van der Waals surface area contributed by atoms with Crippen molar-refractivity contribution in [1.82, 2.24) is 5.32 Å². The quantitative estimate of drug-likeness (QED) is 0.275. The predicted octanol–water partition coefficient (Wildman–Crippen LogP) is 4.19. The number of para-hydroxylation sites is 1. The van der Waals surface area contributed by atoms with Crippen molar-refractivity contribution in [2.24, 2.45) is 0 Å². The molecule has 0 atom stereocenters. The van der Waals surface area contributed by atoms with Crippen molar-refractivity contribution in [3.05, 3.63) is 62.3 Å². The van der Waals surface area contributed by atoms with Crippen LogP contribution in [0.15, 0.2) is 50.9 Å². The zero-order valence-electron chi connectivity index (χ0n) is 14.5. The Kier molecular flexibility index (Phi) is 6.47. The third-order valence-corrected chi connectivity index (χ3v) is 5.29. The van der Waals surface area contributed by atoms with E-state index in [4.69, 9.17) is 23.4 Å². The van der Waals surface area contributed by atoms with E-state index in [1.54, 1.807) is 18.2 Å². The maximum absolute atomic E-state index is 14.2. The summed E-state index contributed by atoms with van der Waals surface area (Å²) in [5.74, 6) is 0.809. The number of nitrogens with one attached hydrogen (secondary N) is 1. The van der Waals surface area contributed by atoms with E-state index in [-0.39, 0.29) is 23.0 Å². The largest absolute Gasteiger partial charge is 0.479 e. The molecular weight excluding hydrogens is 527 g/mol. The van der Waals surface area contributed by atoms with Crippen LogP contribution in [0.5, 0.6) is 5.75 Å². The Labute approximate surface area is 188 Å². The molecule has 29 heavy (non-hydrogen) atoms. The summed E-state index contributed by atoms with van der Waals surface area (Å²) in [6, 6.07) is 8.98. The van der Waals surface area contributed by atoms with Gasteiger partial charge in [-0.25, -0.2) is 9.29 Å². The number of halogens is 3. The minimum atomic E-state index is -0.733. The van der Waals surface area contributed by atoms with Crippen LogP contribution in [0, 0.1) is 18.2 Å². The molecule has 0 saturated carbocycles. The molecule has 0 bridgehead atoms. The average molecular weight is 538 g/mol. The van der Waals surface area contributed by atoms with E-state index in [1.807, 2.05) is 0 Å². The summed E-state index contributed by atoms with van der Waals surface area (Å²) in [6.07, 6.45) is 6.59. The van der Waals surface area contributed by atoms with E-state index in [0.29, 0.717) is 20.3 Å². The van der Waals surface area contributed by atoms with Crippen molar-refractivity contribution in [1.29, 1.82) is 0 Å². The van der Waals surface area contributed by atoms with Gasteiger partial charge in [-0.15, -0.1) is 6.42 Å². The molecule has 5 nitrogen and oxygen atoms in total. The third-order valence-electron chi connectivity index (χ3n) is 3.83. The summed E-state index contributed by atoms with van der Waals surface area (Å²) in [5, 5.41) is 2.22. The maximum Gasteiger partial charge on any atom is 0.270 e. The molecule has 2 aromatic rings. The molecule has 0 aromatic heterocycles. The van der Waals surface area contributed by atoms with Crippen molar-refractivity contribution in [2.75, 3.05) is 11.5 Å². The van der Waals surface area contributed by atoms with Gasteiger partial charge in [0.2, 0.25) is 0 Å². The highest BCUT2D eigenvalue weighted by atomic mass is 79.9. The van der Waals surface area contributed by atoms with Crippen LogP contribution in [0.4, 0.5) is 10.1 Å². The second-order valence-electron chi connectivity index (χ2n) is 5.72. The molecule has 2 aromatic carbocycles. The normalized spacial score (nSPS) is 15.3. The van der Waals surface area contributed by atoms with Crippen LogP contribution in [0.2, 0.25) is 0 Å². The molecule has 1 saturated heterocycles. The number of rotatable bonds is 4. The average Bonchev–Trinajstić information content (AvgIpc) is 2.66. The standard InChI is InChI=1S/C20H11Br2FN2O3S/c1-2-7-28-17-13(21)9-11(10-14(17)22)8-12-18(26)24-20(29)25(19(12)27)16-6-4-3-5-15(16)23/h1,3-6,8-10H,7H2,(H,24,26,29)/b12-8+. The Bertz CT molecular complexity index is 1090. The summed E-state index contributed by atoms with van der Waals surface area (Å²) in [5.41, 5.74) is 0.281. The van der Waals surface area contributed by atoms with Crippen LogP contribution < -0.4 is 15.0 Å². The van der Waals surface area contributed by atoms with Gasteiger partial charge in [0.15, 0.2) is 5.11 Å². The van der Waals surface area contributed by atoms with Crippen LogP contribution in [-0.2, 0) is 9.59 Å². The number of benzene rings is 2. The van der Waals surface area contributed by atoms with Gasteiger partial charge >= 0.3 is 0 Å². The molecule has 0 radical (unpaired) electrons. The lowest BCUT2D eigenvalue weighted by molar-refractivity contribution is -0.122. The van der Waals surface area contributed by atoms with E-state index in [1.165, 1.54) is 24.3 Å². The predicted molar refractivity (Wildman–Crippen MR) is 119 cm³/mol. The number of thiocarbonyl (C=S) groups is 1. The fraction of sp³-hybridized carbons (Fsp3) is 0.0500. The van der Waals surface area contributed by atoms with Gasteiger partial charge < -0.3 is 4.74 Å². The fourth-order valence-corrected chi connectivity index (χ4v) is 4.32. The number of hydrogen-bond acceptors (Lipinski definition) is 4. The van der Waals surface area contributed by atoms with Gasteiger partial charge in [-0.2, -0.15) is 0 Å². The molecule has 1 aliphatic heterocycles. The highest BCUT2D eigenvalue weighted by molar-refractivity contribution is 9.11. The zero-order chi connectivity index (χ0) is 21.1. The topological polar surface area (TPSA) is 58.6 Å². The first-order chi connectivity index (χ1) is 13.8. The van der Waals surface area contributed by atoms with Gasteiger partial charge in [0.1, 0.15) is 23.7 Å². The molecule has 0 spiro atoms. The molecule has 1 aliphatic rings. The van der Waals surface area contributed by atoms with Gasteiger partial charge in [-0.3, -0.25) is 14.9 Å². The van der Waals surface area contributed by atoms with Gasteiger partial charge in [0.05, 0.1) is 14.6 Å². The lowest BCUT2D eigenvalue weighted by Crippen LogP contribution is -2.54. The first-order valence-corrected chi connectivity index (χ1v) is 10.0. The molecule has 2 amide bonds. The number of ether oxygens (including phenoxy) is 1. The number of carbonyl (C=O) groups excluding carboxylic acids is 2. The maximum atomic E-state index is 14.2. The van der Waals surface area contributed by atoms with Crippen LogP contribution >= 0.6 is 44.1 Å². The number of amides is 2.